The highest BCUT2D eigenvalue weighted by Crippen LogP contribution is 2.39. The van der Waals surface area contributed by atoms with E-state index < -0.39 is 0 Å². The molecule has 100 valence electrons. The molecule has 1 aliphatic carbocycles. The summed E-state index contributed by atoms with van der Waals surface area (Å²) < 4.78 is 0.794. The van der Waals surface area contributed by atoms with Gasteiger partial charge in [-0.2, -0.15) is 0 Å². The summed E-state index contributed by atoms with van der Waals surface area (Å²) >= 11 is 7.59. The third kappa shape index (κ3) is 2.62. The van der Waals surface area contributed by atoms with E-state index in [9.17, 15) is 4.79 Å². The van der Waals surface area contributed by atoms with E-state index in [0.717, 1.165) is 22.6 Å². The van der Waals surface area contributed by atoms with Crippen molar-refractivity contribution in [2.45, 2.75) is 12.3 Å². The number of carbonyl (C=O) groups excluding carboxylic acids is 1. The molecule has 2 aromatic rings. The van der Waals surface area contributed by atoms with E-state index in [0.29, 0.717) is 0 Å². The fraction of sp³-hybridized carbons (Fsp3) is 0.118. The predicted molar refractivity (Wildman–Crippen MR) is 85.3 cm³/mol. The molecule has 0 spiro atoms. The Bertz CT molecular complexity index is 682. The second-order valence-corrected chi connectivity index (χ2v) is 6.46. The highest BCUT2D eigenvalue weighted by atomic mass is 35.5. The van der Waals surface area contributed by atoms with Gasteiger partial charge < -0.3 is 0 Å². The van der Waals surface area contributed by atoms with Crippen molar-refractivity contribution in [3.05, 3.63) is 75.0 Å². The van der Waals surface area contributed by atoms with Crippen molar-refractivity contribution >= 4 is 34.8 Å². The number of allylic oxidation sites excluding steroid dienone is 4. The molecule has 3 rings (SSSR count). The minimum Gasteiger partial charge on any atom is -0.298 e. The van der Waals surface area contributed by atoms with Crippen LogP contribution in [-0.2, 0) is 4.79 Å². The fourth-order valence-electron chi connectivity index (χ4n) is 2.51. The fourth-order valence-corrected chi connectivity index (χ4v) is 3.58. The molecular weight excluding hydrogens is 288 g/mol. The van der Waals surface area contributed by atoms with Crippen LogP contribution >= 0.6 is 22.9 Å². The van der Waals surface area contributed by atoms with Crippen molar-refractivity contribution in [2.75, 3.05) is 0 Å². The Balaban J connectivity index is 1.96. The molecule has 1 atom stereocenters. The van der Waals surface area contributed by atoms with Crippen LogP contribution < -0.4 is 0 Å². The van der Waals surface area contributed by atoms with Crippen LogP contribution in [0.4, 0.5) is 0 Å². The summed E-state index contributed by atoms with van der Waals surface area (Å²) in [6.45, 7) is 0. The van der Waals surface area contributed by atoms with Crippen molar-refractivity contribution < 1.29 is 4.79 Å². The van der Waals surface area contributed by atoms with Crippen LogP contribution in [0.2, 0.25) is 4.34 Å². The second kappa shape index (κ2) is 5.78. The first-order valence-corrected chi connectivity index (χ1v) is 7.64. The molecule has 1 aromatic carbocycles. The molecular formula is C17H13ClOS. The van der Waals surface area contributed by atoms with E-state index in [1.165, 1.54) is 16.0 Å². The van der Waals surface area contributed by atoms with Crippen molar-refractivity contribution in [1.29, 1.82) is 0 Å². The van der Waals surface area contributed by atoms with Gasteiger partial charge in [-0.15, -0.1) is 11.3 Å². The maximum atomic E-state index is 11.3. The Labute approximate surface area is 127 Å². The van der Waals surface area contributed by atoms with Gasteiger partial charge in [0, 0.05) is 10.8 Å². The molecule has 3 heteroatoms. The number of hydrogen-bond donors (Lipinski definition) is 0. The summed E-state index contributed by atoms with van der Waals surface area (Å²) in [7, 11) is 0. The van der Waals surface area contributed by atoms with Gasteiger partial charge in [0.1, 0.15) is 6.29 Å². The lowest BCUT2D eigenvalue weighted by Gasteiger charge is -2.22. The van der Waals surface area contributed by atoms with Crippen LogP contribution in [0.25, 0.3) is 5.57 Å². The minimum absolute atomic E-state index is 0.134. The molecule has 0 bridgehead atoms. The van der Waals surface area contributed by atoms with Gasteiger partial charge in [-0.3, -0.25) is 4.79 Å². The lowest BCUT2D eigenvalue weighted by molar-refractivity contribution is -0.105. The second-order valence-electron chi connectivity index (χ2n) is 4.75. The maximum Gasteiger partial charge on any atom is 0.146 e. The van der Waals surface area contributed by atoms with Crippen LogP contribution in [-0.4, -0.2) is 6.29 Å². The highest BCUT2D eigenvalue weighted by Gasteiger charge is 2.22. The number of benzene rings is 1. The smallest absolute Gasteiger partial charge is 0.146 e. The monoisotopic (exact) mass is 300 g/mol. The molecule has 1 heterocycles. The lowest BCUT2D eigenvalue weighted by atomic mass is 9.82. The molecule has 1 nitrogen and oxygen atoms in total. The van der Waals surface area contributed by atoms with Gasteiger partial charge in [-0.05, 0) is 35.3 Å². The van der Waals surface area contributed by atoms with Gasteiger partial charge in [-0.1, -0.05) is 54.1 Å². The maximum absolute atomic E-state index is 11.3. The van der Waals surface area contributed by atoms with Gasteiger partial charge >= 0.3 is 0 Å². The third-order valence-electron chi connectivity index (χ3n) is 3.53. The number of halogens is 1. The molecule has 1 aromatic heterocycles. The van der Waals surface area contributed by atoms with E-state index in [4.69, 9.17) is 11.6 Å². The van der Waals surface area contributed by atoms with Crippen molar-refractivity contribution in [1.82, 2.24) is 0 Å². The Morgan fingerprint density at radius 2 is 1.90 bits per heavy atom. The molecule has 0 saturated carbocycles. The van der Waals surface area contributed by atoms with Crippen LogP contribution in [0.3, 0.4) is 0 Å². The summed E-state index contributed by atoms with van der Waals surface area (Å²) in [4.78, 5) is 12.5. The molecule has 1 aliphatic rings. The van der Waals surface area contributed by atoms with Gasteiger partial charge in [0.25, 0.3) is 0 Å². The molecule has 0 radical (unpaired) electrons. The topological polar surface area (TPSA) is 17.1 Å². The van der Waals surface area contributed by atoms with E-state index in [1.54, 1.807) is 11.3 Å². The summed E-state index contributed by atoms with van der Waals surface area (Å²) in [5.41, 5.74) is 3.25. The first kappa shape index (κ1) is 13.3. The molecule has 0 saturated heterocycles. The van der Waals surface area contributed by atoms with Crippen molar-refractivity contribution in [3.8, 4) is 0 Å². The number of aldehydes is 1. The van der Waals surface area contributed by atoms with E-state index in [-0.39, 0.29) is 5.92 Å². The van der Waals surface area contributed by atoms with E-state index in [1.807, 2.05) is 42.5 Å². The molecule has 0 aliphatic heterocycles. The molecule has 0 N–H and O–H groups in total. The zero-order valence-corrected chi connectivity index (χ0v) is 12.3. The SMILES string of the molecule is O=CC1=CC=C(c2ccc(Cl)s2)CC1c1ccccc1. The normalized spacial score (nSPS) is 18.4. The van der Waals surface area contributed by atoms with E-state index in [2.05, 4.69) is 12.1 Å². The number of carbonyl (C=O) groups is 1. The molecule has 0 amide bonds. The zero-order valence-electron chi connectivity index (χ0n) is 10.8. The molecule has 0 fully saturated rings. The Morgan fingerprint density at radius 1 is 1.10 bits per heavy atom. The standard InChI is InChI=1S/C17H13ClOS/c18-17-9-8-16(20-17)13-6-7-14(11-19)15(10-13)12-4-2-1-3-5-12/h1-9,11,15H,10H2. The largest absolute Gasteiger partial charge is 0.298 e. The van der Waals surface area contributed by atoms with Crippen molar-refractivity contribution in [2.24, 2.45) is 0 Å². The highest BCUT2D eigenvalue weighted by molar-refractivity contribution is 7.17. The van der Waals surface area contributed by atoms with Gasteiger partial charge in [0.2, 0.25) is 0 Å². The summed E-state index contributed by atoms with van der Waals surface area (Å²) in [6, 6.07) is 14.1. The van der Waals surface area contributed by atoms with Crippen LogP contribution in [0, 0.1) is 0 Å². The summed E-state index contributed by atoms with van der Waals surface area (Å²) in [6.07, 6.45) is 5.76. The van der Waals surface area contributed by atoms with Crippen LogP contribution in [0.5, 0.6) is 0 Å². The number of thiophene rings is 1. The molecule has 1 unspecified atom stereocenters. The first-order valence-electron chi connectivity index (χ1n) is 6.44. The van der Waals surface area contributed by atoms with Crippen LogP contribution in [0.15, 0.2) is 60.2 Å². The average Bonchev–Trinajstić information content (AvgIpc) is 2.94. The van der Waals surface area contributed by atoms with Gasteiger partial charge in [-0.25, -0.2) is 0 Å². The third-order valence-corrected chi connectivity index (χ3v) is 4.84. The number of hydrogen-bond acceptors (Lipinski definition) is 2. The zero-order chi connectivity index (χ0) is 13.9. The Hall–Kier alpha value is -1.64. The first-order chi connectivity index (χ1) is 9.78. The molecule has 20 heavy (non-hydrogen) atoms. The van der Waals surface area contributed by atoms with Gasteiger partial charge in [0.15, 0.2) is 0 Å². The predicted octanol–water partition coefficient (Wildman–Crippen LogP) is 5.10. The lowest BCUT2D eigenvalue weighted by Crippen LogP contribution is -2.08. The minimum atomic E-state index is 0.134. The van der Waals surface area contributed by atoms with Crippen molar-refractivity contribution in [3.63, 3.8) is 0 Å². The summed E-state index contributed by atoms with van der Waals surface area (Å²) in [5.74, 6) is 0.134. The van der Waals surface area contributed by atoms with Gasteiger partial charge in [0.05, 0.1) is 4.34 Å². The Morgan fingerprint density at radius 3 is 2.55 bits per heavy atom. The van der Waals surface area contributed by atoms with Crippen LogP contribution in [0.1, 0.15) is 22.8 Å². The summed E-state index contributed by atoms with van der Waals surface area (Å²) in [5, 5.41) is 0. The average molecular weight is 301 g/mol. The van der Waals surface area contributed by atoms with E-state index >= 15 is 0 Å². The Kier molecular flexibility index (Phi) is 3.86. The number of rotatable bonds is 3. The quantitative estimate of drug-likeness (QED) is 0.721.